The van der Waals surface area contributed by atoms with E-state index in [1.807, 2.05) is 4.90 Å². The van der Waals surface area contributed by atoms with Crippen molar-refractivity contribution in [1.82, 2.24) is 15.0 Å². The van der Waals surface area contributed by atoms with Crippen molar-refractivity contribution in [3.8, 4) is 0 Å². The highest BCUT2D eigenvalue weighted by atomic mass is 16.5. The van der Waals surface area contributed by atoms with Crippen LogP contribution in [-0.4, -0.2) is 40.7 Å². The Morgan fingerprint density at radius 3 is 2.75 bits per heavy atom. The van der Waals surface area contributed by atoms with Crippen molar-refractivity contribution in [2.75, 3.05) is 19.7 Å². The second kappa shape index (κ2) is 9.47. The van der Waals surface area contributed by atoms with Gasteiger partial charge in [-0.25, -0.2) is 0 Å². The molecule has 0 N–H and O–H groups in total. The molecular weight excluding hydrogens is 258 g/mol. The molecule has 0 aliphatic carbocycles. The lowest BCUT2D eigenvalue weighted by atomic mass is 10.2. The maximum Gasteiger partial charge on any atom is 0.320 e. The van der Waals surface area contributed by atoms with Gasteiger partial charge in [-0.1, -0.05) is 25.4 Å². The standard InChI is InChI=1S/C14H25N3O3/c1-4-7-8-12-15-13(20-16-12)10-17(9-5-2)11-14(18)19-6-3/h4-11H2,1-3H3. The largest absolute Gasteiger partial charge is 0.465 e. The van der Waals surface area contributed by atoms with E-state index in [0.29, 0.717) is 19.0 Å². The second-order valence-corrected chi connectivity index (χ2v) is 4.72. The van der Waals surface area contributed by atoms with Gasteiger partial charge in [-0.05, 0) is 26.3 Å². The molecule has 6 heteroatoms. The van der Waals surface area contributed by atoms with E-state index in [9.17, 15) is 4.79 Å². The van der Waals surface area contributed by atoms with E-state index >= 15 is 0 Å². The molecule has 114 valence electrons. The SMILES string of the molecule is CCCCc1noc(CN(CCC)CC(=O)OCC)n1. The second-order valence-electron chi connectivity index (χ2n) is 4.72. The monoisotopic (exact) mass is 283 g/mol. The zero-order chi connectivity index (χ0) is 14.8. The number of ether oxygens (including phenoxy) is 1. The van der Waals surface area contributed by atoms with E-state index in [2.05, 4.69) is 24.0 Å². The fourth-order valence-electron chi connectivity index (χ4n) is 1.90. The molecule has 0 saturated heterocycles. The van der Waals surface area contributed by atoms with Gasteiger partial charge in [-0.2, -0.15) is 4.98 Å². The molecule has 1 rings (SSSR count). The minimum absolute atomic E-state index is 0.216. The van der Waals surface area contributed by atoms with E-state index in [0.717, 1.165) is 38.1 Å². The van der Waals surface area contributed by atoms with Crippen LogP contribution in [0.4, 0.5) is 0 Å². The van der Waals surface area contributed by atoms with Crippen LogP contribution in [0.2, 0.25) is 0 Å². The highest BCUT2D eigenvalue weighted by Gasteiger charge is 2.15. The van der Waals surface area contributed by atoms with Crippen molar-refractivity contribution in [3.63, 3.8) is 0 Å². The summed E-state index contributed by atoms with van der Waals surface area (Å²) in [5.41, 5.74) is 0. The van der Waals surface area contributed by atoms with E-state index < -0.39 is 0 Å². The quantitative estimate of drug-likeness (QED) is 0.613. The van der Waals surface area contributed by atoms with Gasteiger partial charge in [-0.15, -0.1) is 0 Å². The first-order valence-corrected chi connectivity index (χ1v) is 7.39. The van der Waals surface area contributed by atoms with E-state index in [4.69, 9.17) is 9.26 Å². The molecule has 0 amide bonds. The van der Waals surface area contributed by atoms with Gasteiger partial charge in [0.05, 0.1) is 19.7 Å². The highest BCUT2D eigenvalue weighted by Crippen LogP contribution is 2.06. The number of unbranched alkanes of at least 4 members (excludes halogenated alkanes) is 1. The number of nitrogens with zero attached hydrogens (tertiary/aromatic N) is 3. The fraction of sp³-hybridized carbons (Fsp3) is 0.786. The highest BCUT2D eigenvalue weighted by molar-refractivity contribution is 5.71. The normalized spacial score (nSPS) is 11.0. The van der Waals surface area contributed by atoms with Gasteiger partial charge in [0.25, 0.3) is 0 Å². The van der Waals surface area contributed by atoms with Crippen molar-refractivity contribution in [2.45, 2.75) is 53.0 Å². The van der Waals surface area contributed by atoms with Crippen LogP contribution in [0.1, 0.15) is 51.7 Å². The van der Waals surface area contributed by atoms with Gasteiger partial charge in [0.15, 0.2) is 5.82 Å². The van der Waals surface area contributed by atoms with Crippen LogP contribution in [0, 0.1) is 0 Å². The molecule has 1 heterocycles. The summed E-state index contributed by atoms with van der Waals surface area (Å²) in [5, 5.41) is 3.95. The Morgan fingerprint density at radius 1 is 1.30 bits per heavy atom. The Bertz CT molecular complexity index is 393. The Hall–Kier alpha value is -1.43. The molecule has 0 aromatic carbocycles. The molecule has 0 unspecified atom stereocenters. The number of esters is 1. The Kier molecular flexibility index (Phi) is 7.87. The number of aryl methyl sites for hydroxylation is 1. The summed E-state index contributed by atoms with van der Waals surface area (Å²) in [7, 11) is 0. The molecule has 0 spiro atoms. The Balaban J connectivity index is 2.51. The zero-order valence-corrected chi connectivity index (χ0v) is 12.7. The number of aromatic nitrogens is 2. The van der Waals surface area contributed by atoms with Gasteiger partial charge in [-0.3, -0.25) is 9.69 Å². The van der Waals surface area contributed by atoms with Crippen LogP contribution in [0.25, 0.3) is 0 Å². The van der Waals surface area contributed by atoms with Gasteiger partial charge in [0, 0.05) is 6.42 Å². The van der Waals surface area contributed by atoms with Gasteiger partial charge < -0.3 is 9.26 Å². The van der Waals surface area contributed by atoms with Crippen molar-refractivity contribution in [2.24, 2.45) is 0 Å². The Morgan fingerprint density at radius 2 is 2.10 bits per heavy atom. The first kappa shape index (κ1) is 16.6. The average Bonchev–Trinajstić information content (AvgIpc) is 2.84. The minimum atomic E-state index is -0.216. The molecule has 6 nitrogen and oxygen atoms in total. The van der Waals surface area contributed by atoms with Crippen LogP contribution in [0.15, 0.2) is 4.52 Å². The molecule has 1 aromatic rings. The van der Waals surface area contributed by atoms with Crippen LogP contribution >= 0.6 is 0 Å². The maximum absolute atomic E-state index is 11.5. The summed E-state index contributed by atoms with van der Waals surface area (Å²) >= 11 is 0. The topological polar surface area (TPSA) is 68.5 Å². The summed E-state index contributed by atoms with van der Waals surface area (Å²) in [5.74, 6) is 1.09. The fourth-order valence-corrected chi connectivity index (χ4v) is 1.90. The van der Waals surface area contributed by atoms with Gasteiger partial charge in [0.1, 0.15) is 0 Å². The minimum Gasteiger partial charge on any atom is -0.465 e. The first-order chi connectivity index (χ1) is 9.69. The molecule has 0 fully saturated rings. The van der Waals surface area contributed by atoms with E-state index in [-0.39, 0.29) is 12.5 Å². The smallest absolute Gasteiger partial charge is 0.320 e. The Labute approximate surface area is 120 Å². The van der Waals surface area contributed by atoms with Gasteiger partial charge >= 0.3 is 5.97 Å². The summed E-state index contributed by atoms with van der Waals surface area (Å²) in [6, 6.07) is 0. The third kappa shape index (κ3) is 6.14. The van der Waals surface area contributed by atoms with Crippen LogP contribution < -0.4 is 0 Å². The lowest BCUT2D eigenvalue weighted by molar-refractivity contribution is -0.144. The number of hydrogen-bond acceptors (Lipinski definition) is 6. The molecule has 0 aliphatic heterocycles. The third-order valence-electron chi connectivity index (χ3n) is 2.82. The maximum atomic E-state index is 11.5. The number of hydrogen-bond donors (Lipinski definition) is 0. The van der Waals surface area contributed by atoms with Crippen LogP contribution in [-0.2, 0) is 22.5 Å². The molecular formula is C14H25N3O3. The van der Waals surface area contributed by atoms with E-state index in [1.165, 1.54) is 0 Å². The molecule has 1 aromatic heterocycles. The molecule has 0 bridgehead atoms. The predicted molar refractivity (Wildman–Crippen MR) is 75.1 cm³/mol. The van der Waals surface area contributed by atoms with Crippen molar-refractivity contribution < 1.29 is 14.1 Å². The van der Waals surface area contributed by atoms with Crippen molar-refractivity contribution in [3.05, 3.63) is 11.7 Å². The predicted octanol–water partition coefficient (Wildman–Crippen LogP) is 2.19. The van der Waals surface area contributed by atoms with Crippen LogP contribution in [0.3, 0.4) is 0 Å². The third-order valence-corrected chi connectivity index (χ3v) is 2.82. The lowest BCUT2D eigenvalue weighted by Crippen LogP contribution is -2.31. The lowest BCUT2D eigenvalue weighted by Gasteiger charge is -2.18. The molecule has 20 heavy (non-hydrogen) atoms. The molecule has 0 saturated carbocycles. The van der Waals surface area contributed by atoms with E-state index in [1.54, 1.807) is 6.92 Å². The van der Waals surface area contributed by atoms with Crippen LogP contribution in [0.5, 0.6) is 0 Å². The first-order valence-electron chi connectivity index (χ1n) is 7.39. The molecule has 0 aliphatic rings. The van der Waals surface area contributed by atoms with Crippen molar-refractivity contribution in [1.29, 1.82) is 0 Å². The number of rotatable bonds is 10. The van der Waals surface area contributed by atoms with Crippen molar-refractivity contribution >= 4 is 5.97 Å². The number of carbonyl (C=O) groups is 1. The summed E-state index contributed by atoms with van der Waals surface area (Å²) in [6.45, 7) is 7.95. The molecule has 0 atom stereocenters. The average molecular weight is 283 g/mol. The summed E-state index contributed by atoms with van der Waals surface area (Å²) in [6.07, 6.45) is 3.96. The molecule has 0 radical (unpaired) electrons. The summed E-state index contributed by atoms with van der Waals surface area (Å²) < 4.78 is 10.2. The number of carbonyl (C=O) groups excluding carboxylic acids is 1. The summed E-state index contributed by atoms with van der Waals surface area (Å²) in [4.78, 5) is 17.9. The zero-order valence-electron chi connectivity index (χ0n) is 12.7. The van der Waals surface area contributed by atoms with Gasteiger partial charge in [0.2, 0.25) is 5.89 Å².